The number of aliphatic hydroxyl groups is 1. The van der Waals surface area contributed by atoms with Crippen molar-refractivity contribution in [1.82, 2.24) is 0 Å². The lowest BCUT2D eigenvalue weighted by molar-refractivity contribution is 0.0223. The Morgan fingerprint density at radius 2 is 1.85 bits per heavy atom. The van der Waals surface area contributed by atoms with Crippen molar-refractivity contribution in [2.45, 2.75) is 24.9 Å². The number of aryl methyl sites for hydroxylation is 1. The maximum Gasteiger partial charge on any atom is 0.0954 e. The van der Waals surface area contributed by atoms with Crippen LogP contribution in [0.15, 0.2) is 40.9 Å². The van der Waals surface area contributed by atoms with Gasteiger partial charge in [-0.2, -0.15) is 0 Å². The standard InChI is InChI=1S/C16H13BrCl2O/c17-12-2-1-11-9-16(20,6-5-10(11)7-12)14-8-13(18)3-4-15(14)19/h1-4,7-8,20H,5-6,9H2. The second-order valence-electron chi connectivity index (χ2n) is 5.25. The van der Waals surface area contributed by atoms with Crippen LogP contribution in [0.5, 0.6) is 0 Å². The van der Waals surface area contributed by atoms with Gasteiger partial charge in [-0.1, -0.05) is 45.2 Å². The molecule has 20 heavy (non-hydrogen) atoms. The fourth-order valence-corrected chi connectivity index (χ4v) is 3.70. The third-order valence-electron chi connectivity index (χ3n) is 3.89. The van der Waals surface area contributed by atoms with Gasteiger partial charge in [0.2, 0.25) is 0 Å². The molecule has 0 fully saturated rings. The van der Waals surface area contributed by atoms with Crippen molar-refractivity contribution in [3.05, 3.63) is 67.6 Å². The molecule has 0 amide bonds. The van der Waals surface area contributed by atoms with Gasteiger partial charge < -0.3 is 5.11 Å². The molecule has 0 aliphatic heterocycles. The summed E-state index contributed by atoms with van der Waals surface area (Å²) in [7, 11) is 0. The van der Waals surface area contributed by atoms with E-state index in [-0.39, 0.29) is 0 Å². The predicted octanol–water partition coefficient (Wildman–Crippen LogP) is 5.13. The van der Waals surface area contributed by atoms with Crippen molar-refractivity contribution in [2.75, 3.05) is 0 Å². The molecule has 1 atom stereocenters. The lowest BCUT2D eigenvalue weighted by atomic mass is 9.76. The Balaban J connectivity index is 2.02. The molecule has 0 heterocycles. The van der Waals surface area contributed by atoms with Gasteiger partial charge >= 0.3 is 0 Å². The van der Waals surface area contributed by atoms with Crippen molar-refractivity contribution in [3.63, 3.8) is 0 Å². The molecule has 104 valence electrons. The lowest BCUT2D eigenvalue weighted by Gasteiger charge is -2.34. The zero-order chi connectivity index (χ0) is 14.3. The minimum absolute atomic E-state index is 0.565. The Labute approximate surface area is 136 Å². The summed E-state index contributed by atoms with van der Waals surface area (Å²) in [6.07, 6.45) is 2.04. The number of benzene rings is 2. The highest BCUT2D eigenvalue weighted by atomic mass is 79.9. The maximum atomic E-state index is 11.0. The van der Waals surface area contributed by atoms with Crippen molar-refractivity contribution in [2.24, 2.45) is 0 Å². The molecule has 1 unspecified atom stereocenters. The van der Waals surface area contributed by atoms with Crippen LogP contribution in [-0.2, 0) is 18.4 Å². The summed E-state index contributed by atoms with van der Waals surface area (Å²) in [6, 6.07) is 11.4. The van der Waals surface area contributed by atoms with E-state index >= 15 is 0 Å². The van der Waals surface area contributed by atoms with Crippen LogP contribution in [0.1, 0.15) is 23.1 Å². The number of fused-ring (bicyclic) bond motifs is 1. The van der Waals surface area contributed by atoms with Crippen molar-refractivity contribution >= 4 is 39.1 Å². The largest absolute Gasteiger partial charge is 0.385 e. The molecule has 1 aliphatic carbocycles. The van der Waals surface area contributed by atoms with E-state index in [9.17, 15) is 5.11 Å². The Morgan fingerprint density at radius 1 is 1.05 bits per heavy atom. The molecule has 2 aromatic rings. The van der Waals surface area contributed by atoms with E-state index in [1.807, 2.05) is 6.07 Å². The third kappa shape index (κ3) is 2.62. The van der Waals surface area contributed by atoms with E-state index in [0.717, 1.165) is 22.0 Å². The lowest BCUT2D eigenvalue weighted by Crippen LogP contribution is -2.33. The number of halogens is 3. The number of hydrogen-bond acceptors (Lipinski definition) is 1. The minimum Gasteiger partial charge on any atom is -0.385 e. The average molecular weight is 372 g/mol. The second-order valence-corrected chi connectivity index (χ2v) is 7.00. The van der Waals surface area contributed by atoms with Crippen LogP contribution in [0.2, 0.25) is 10.0 Å². The van der Waals surface area contributed by atoms with E-state index in [0.29, 0.717) is 22.9 Å². The molecule has 0 saturated heterocycles. The Morgan fingerprint density at radius 3 is 2.65 bits per heavy atom. The molecule has 4 heteroatoms. The van der Waals surface area contributed by atoms with E-state index in [1.54, 1.807) is 18.2 Å². The summed E-state index contributed by atoms with van der Waals surface area (Å²) >= 11 is 15.8. The summed E-state index contributed by atoms with van der Waals surface area (Å²) in [5.74, 6) is 0. The van der Waals surface area contributed by atoms with Gasteiger partial charge in [-0.05, 0) is 54.3 Å². The first kappa shape index (κ1) is 14.4. The predicted molar refractivity (Wildman–Crippen MR) is 86.5 cm³/mol. The smallest absolute Gasteiger partial charge is 0.0954 e. The van der Waals surface area contributed by atoms with Gasteiger partial charge in [0.1, 0.15) is 0 Å². The summed E-state index contributed by atoms with van der Waals surface area (Å²) < 4.78 is 1.07. The maximum absolute atomic E-state index is 11.0. The van der Waals surface area contributed by atoms with Gasteiger partial charge in [0.15, 0.2) is 0 Å². The van der Waals surface area contributed by atoms with Crippen LogP contribution in [-0.4, -0.2) is 5.11 Å². The molecule has 0 spiro atoms. The molecule has 0 bridgehead atoms. The molecule has 1 N–H and O–H groups in total. The van der Waals surface area contributed by atoms with E-state index in [1.165, 1.54) is 5.56 Å². The average Bonchev–Trinajstić information content (AvgIpc) is 2.42. The van der Waals surface area contributed by atoms with Crippen LogP contribution < -0.4 is 0 Å². The summed E-state index contributed by atoms with van der Waals surface area (Å²) in [6.45, 7) is 0. The number of hydrogen-bond donors (Lipinski definition) is 1. The first-order chi connectivity index (χ1) is 9.48. The van der Waals surface area contributed by atoms with E-state index in [2.05, 4.69) is 28.1 Å². The van der Waals surface area contributed by atoms with E-state index < -0.39 is 5.60 Å². The SMILES string of the molecule is OC1(c2cc(Cl)ccc2Cl)CCc2cc(Br)ccc2C1. The highest BCUT2D eigenvalue weighted by Gasteiger charge is 2.35. The van der Waals surface area contributed by atoms with Crippen LogP contribution in [0.3, 0.4) is 0 Å². The van der Waals surface area contributed by atoms with Crippen LogP contribution in [0.4, 0.5) is 0 Å². The molecule has 0 saturated carbocycles. The summed E-state index contributed by atoms with van der Waals surface area (Å²) in [4.78, 5) is 0. The van der Waals surface area contributed by atoms with Crippen molar-refractivity contribution in [1.29, 1.82) is 0 Å². The topological polar surface area (TPSA) is 20.2 Å². The van der Waals surface area contributed by atoms with Crippen LogP contribution in [0.25, 0.3) is 0 Å². The molecule has 0 radical (unpaired) electrons. The Hall–Kier alpha value is -0.540. The molecular formula is C16H13BrCl2O. The number of rotatable bonds is 1. The molecule has 1 nitrogen and oxygen atoms in total. The highest BCUT2D eigenvalue weighted by molar-refractivity contribution is 9.10. The fourth-order valence-electron chi connectivity index (χ4n) is 2.83. The van der Waals surface area contributed by atoms with Gasteiger partial charge in [0.25, 0.3) is 0 Å². The zero-order valence-corrected chi connectivity index (χ0v) is 13.8. The summed E-state index contributed by atoms with van der Waals surface area (Å²) in [5, 5.41) is 12.2. The molecule has 2 aromatic carbocycles. The highest BCUT2D eigenvalue weighted by Crippen LogP contribution is 2.40. The first-order valence-corrected chi connectivity index (χ1v) is 7.98. The Bertz CT molecular complexity index is 672. The van der Waals surface area contributed by atoms with Gasteiger partial charge in [-0.15, -0.1) is 0 Å². The molecular weight excluding hydrogens is 359 g/mol. The molecule has 1 aliphatic rings. The van der Waals surface area contributed by atoms with Gasteiger partial charge in [-0.25, -0.2) is 0 Å². The van der Waals surface area contributed by atoms with Crippen LogP contribution in [0, 0.1) is 0 Å². The summed E-state index contributed by atoms with van der Waals surface area (Å²) in [5.41, 5.74) is 2.23. The first-order valence-electron chi connectivity index (χ1n) is 6.43. The van der Waals surface area contributed by atoms with Crippen LogP contribution >= 0.6 is 39.1 Å². The van der Waals surface area contributed by atoms with E-state index in [4.69, 9.17) is 23.2 Å². The van der Waals surface area contributed by atoms with Gasteiger partial charge in [0, 0.05) is 26.5 Å². The fraction of sp³-hybridized carbons (Fsp3) is 0.250. The quantitative estimate of drug-likeness (QED) is 0.736. The molecule has 0 aromatic heterocycles. The van der Waals surface area contributed by atoms with Crippen molar-refractivity contribution in [3.8, 4) is 0 Å². The normalized spacial score (nSPS) is 21.6. The van der Waals surface area contributed by atoms with Gasteiger partial charge in [0.05, 0.1) is 5.60 Å². The monoisotopic (exact) mass is 370 g/mol. The molecule has 3 rings (SSSR count). The zero-order valence-electron chi connectivity index (χ0n) is 10.7. The third-order valence-corrected chi connectivity index (χ3v) is 4.95. The minimum atomic E-state index is -0.942. The Kier molecular flexibility index (Phi) is 3.85. The second kappa shape index (κ2) is 5.34. The van der Waals surface area contributed by atoms with Gasteiger partial charge in [-0.3, -0.25) is 0 Å². The van der Waals surface area contributed by atoms with Crippen molar-refractivity contribution < 1.29 is 5.11 Å².